The van der Waals surface area contributed by atoms with Crippen LogP contribution in [0.5, 0.6) is 0 Å². The normalized spacial score (nSPS) is 17.5. The first-order chi connectivity index (χ1) is 12.7. The Morgan fingerprint density at radius 1 is 1.15 bits per heavy atom. The quantitative estimate of drug-likeness (QED) is 0.791. The number of likely N-dealkylation sites (tertiary alicyclic amines) is 1. The molecule has 2 aliphatic rings. The lowest BCUT2D eigenvalue weighted by Crippen LogP contribution is -2.37. The Bertz CT molecular complexity index is 809. The second-order valence-corrected chi connectivity index (χ2v) is 7.98. The number of piperidine rings is 1. The lowest BCUT2D eigenvalue weighted by atomic mass is 10.1. The summed E-state index contributed by atoms with van der Waals surface area (Å²) in [5, 5.41) is 3.74. The van der Waals surface area contributed by atoms with E-state index >= 15 is 0 Å². The number of fused-ring (bicyclic) bond motifs is 1. The Morgan fingerprint density at radius 3 is 2.69 bits per heavy atom. The third kappa shape index (κ3) is 4.03. The highest BCUT2D eigenvalue weighted by Gasteiger charge is 2.24. The monoisotopic (exact) mass is 372 g/mol. The second-order valence-electron chi connectivity index (χ2n) is 7.04. The number of thioether (sulfide) groups is 1. The van der Waals surface area contributed by atoms with Gasteiger partial charge in [-0.05, 0) is 44.2 Å². The second kappa shape index (κ2) is 7.70. The number of aromatic nitrogens is 2. The zero-order valence-corrected chi connectivity index (χ0v) is 15.6. The SMILES string of the molecule is O=C(CSc1nc2ccccc2n1CC(=O)N1CCCCC1)NC1CC1. The molecule has 0 unspecified atom stereocenters. The van der Waals surface area contributed by atoms with Crippen molar-refractivity contribution in [2.75, 3.05) is 18.8 Å². The number of carbonyl (C=O) groups excluding carboxylic acids is 2. The zero-order valence-electron chi connectivity index (χ0n) is 14.8. The van der Waals surface area contributed by atoms with Crippen molar-refractivity contribution >= 4 is 34.6 Å². The molecule has 4 rings (SSSR count). The molecule has 1 N–H and O–H groups in total. The smallest absolute Gasteiger partial charge is 0.242 e. The largest absolute Gasteiger partial charge is 0.353 e. The van der Waals surface area contributed by atoms with Crippen molar-refractivity contribution in [1.82, 2.24) is 19.8 Å². The molecule has 1 aliphatic carbocycles. The molecule has 138 valence electrons. The van der Waals surface area contributed by atoms with Crippen molar-refractivity contribution in [3.05, 3.63) is 24.3 Å². The van der Waals surface area contributed by atoms with E-state index in [-0.39, 0.29) is 18.4 Å². The lowest BCUT2D eigenvalue weighted by molar-refractivity contribution is -0.132. The fourth-order valence-electron chi connectivity index (χ4n) is 3.32. The summed E-state index contributed by atoms with van der Waals surface area (Å²) in [6, 6.07) is 8.20. The Balaban J connectivity index is 1.50. The third-order valence-corrected chi connectivity index (χ3v) is 5.87. The van der Waals surface area contributed by atoms with E-state index in [9.17, 15) is 9.59 Å². The minimum Gasteiger partial charge on any atom is -0.353 e. The first-order valence-electron chi connectivity index (χ1n) is 9.36. The number of imidazole rings is 1. The predicted molar refractivity (Wildman–Crippen MR) is 102 cm³/mol. The van der Waals surface area contributed by atoms with Crippen molar-refractivity contribution in [2.45, 2.75) is 49.8 Å². The maximum Gasteiger partial charge on any atom is 0.242 e. The number of benzene rings is 1. The van der Waals surface area contributed by atoms with Crippen molar-refractivity contribution < 1.29 is 9.59 Å². The van der Waals surface area contributed by atoms with Crippen LogP contribution in [0.1, 0.15) is 32.1 Å². The van der Waals surface area contributed by atoms with E-state index in [4.69, 9.17) is 0 Å². The molecule has 0 spiro atoms. The predicted octanol–water partition coefficient (Wildman–Crippen LogP) is 2.42. The van der Waals surface area contributed by atoms with Crippen LogP contribution < -0.4 is 5.32 Å². The summed E-state index contributed by atoms with van der Waals surface area (Å²) in [4.78, 5) is 31.4. The van der Waals surface area contributed by atoms with Crippen LogP contribution >= 0.6 is 11.8 Å². The van der Waals surface area contributed by atoms with E-state index in [0.717, 1.165) is 55.0 Å². The molecule has 26 heavy (non-hydrogen) atoms. The van der Waals surface area contributed by atoms with E-state index in [1.807, 2.05) is 33.7 Å². The van der Waals surface area contributed by atoms with Crippen LogP contribution in [0.25, 0.3) is 11.0 Å². The summed E-state index contributed by atoms with van der Waals surface area (Å²) in [6.45, 7) is 1.97. The van der Waals surface area contributed by atoms with Crippen LogP contribution in [0.3, 0.4) is 0 Å². The molecule has 2 heterocycles. The number of amides is 2. The fourth-order valence-corrected chi connectivity index (χ4v) is 4.15. The van der Waals surface area contributed by atoms with E-state index in [1.165, 1.54) is 18.2 Å². The first kappa shape index (κ1) is 17.4. The Labute approximate surface area is 157 Å². The lowest BCUT2D eigenvalue weighted by Gasteiger charge is -2.27. The summed E-state index contributed by atoms with van der Waals surface area (Å²) in [5.41, 5.74) is 1.81. The highest BCUT2D eigenvalue weighted by atomic mass is 32.2. The molecular weight excluding hydrogens is 348 g/mol. The van der Waals surface area contributed by atoms with Gasteiger partial charge >= 0.3 is 0 Å². The van der Waals surface area contributed by atoms with Crippen LogP contribution in [0.4, 0.5) is 0 Å². The number of hydrogen-bond donors (Lipinski definition) is 1. The third-order valence-electron chi connectivity index (χ3n) is 4.90. The number of hydrogen-bond acceptors (Lipinski definition) is 4. The summed E-state index contributed by atoms with van der Waals surface area (Å²) in [6.07, 6.45) is 5.53. The molecule has 1 aromatic carbocycles. The summed E-state index contributed by atoms with van der Waals surface area (Å²) >= 11 is 1.41. The van der Waals surface area contributed by atoms with Crippen LogP contribution in [-0.4, -0.2) is 51.1 Å². The van der Waals surface area contributed by atoms with Crippen molar-refractivity contribution in [3.63, 3.8) is 0 Å². The van der Waals surface area contributed by atoms with Crippen LogP contribution in [0.2, 0.25) is 0 Å². The van der Waals surface area contributed by atoms with Gasteiger partial charge in [0.15, 0.2) is 5.16 Å². The van der Waals surface area contributed by atoms with E-state index in [1.54, 1.807) is 0 Å². The maximum absolute atomic E-state index is 12.7. The van der Waals surface area contributed by atoms with Gasteiger partial charge in [0, 0.05) is 19.1 Å². The number of rotatable bonds is 6. The van der Waals surface area contributed by atoms with Gasteiger partial charge in [-0.3, -0.25) is 9.59 Å². The average molecular weight is 372 g/mol. The Hall–Kier alpha value is -2.02. The number of carbonyl (C=O) groups is 2. The van der Waals surface area contributed by atoms with Gasteiger partial charge in [0.25, 0.3) is 0 Å². The minimum absolute atomic E-state index is 0.0402. The van der Waals surface area contributed by atoms with Crippen molar-refractivity contribution in [1.29, 1.82) is 0 Å². The molecular formula is C19H24N4O2S. The molecule has 2 fully saturated rings. The Kier molecular flexibility index (Phi) is 5.15. The van der Waals surface area contributed by atoms with Gasteiger partial charge in [-0.15, -0.1) is 0 Å². The van der Waals surface area contributed by atoms with Gasteiger partial charge in [0.1, 0.15) is 6.54 Å². The van der Waals surface area contributed by atoms with Gasteiger partial charge in [0.2, 0.25) is 11.8 Å². The number of nitrogens with zero attached hydrogens (tertiary/aromatic N) is 3. The van der Waals surface area contributed by atoms with E-state index in [2.05, 4.69) is 10.3 Å². The molecule has 1 saturated carbocycles. The molecule has 1 saturated heterocycles. The molecule has 7 heteroatoms. The molecule has 0 bridgehead atoms. The highest BCUT2D eigenvalue weighted by Crippen LogP contribution is 2.25. The molecule has 1 aliphatic heterocycles. The van der Waals surface area contributed by atoms with E-state index in [0.29, 0.717) is 11.8 Å². The van der Waals surface area contributed by atoms with Crippen LogP contribution in [0, 0.1) is 0 Å². The number of para-hydroxylation sites is 2. The molecule has 2 aromatic rings. The molecule has 0 atom stereocenters. The molecule has 1 aromatic heterocycles. The molecule has 2 amide bonds. The summed E-state index contributed by atoms with van der Waals surface area (Å²) in [5.74, 6) is 0.508. The average Bonchev–Trinajstić information content (AvgIpc) is 3.41. The number of nitrogens with one attached hydrogen (secondary N) is 1. The van der Waals surface area contributed by atoms with Gasteiger partial charge < -0.3 is 14.8 Å². The summed E-state index contributed by atoms with van der Waals surface area (Å²) in [7, 11) is 0. The Morgan fingerprint density at radius 2 is 1.92 bits per heavy atom. The maximum atomic E-state index is 12.7. The van der Waals surface area contributed by atoms with Gasteiger partial charge in [0.05, 0.1) is 16.8 Å². The topological polar surface area (TPSA) is 67.2 Å². The molecule has 0 radical (unpaired) electrons. The van der Waals surface area contributed by atoms with E-state index < -0.39 is 0 Å². The highest BCUT2D eigenvalue weighted by molar-refractivity contribution is 7.99. The van der Waals surface area contributed by atoms with Crippen molar-refractivity contribution in [2.24, 2.45) is 0 Å². The van der Waals surface area contributed by atoms with Gasteiger partial charge in [-0.1, -0.05) is 23.9 Å². The van der Waals surface area contributed by atoms with Gasteiger partial charge in [-0.2, -0.15) is 0 Å². The zero-order chi connectivity index (χ0) is 17.9. The fraction of sp³-hybridized carbons (Fsp3) is 0.526. The standard InChI is InChI=1S/C19H24N4O2S/c24-17(20-14-8-9-14)13-26-19-21-15-6-2-3-7-16(15)23(19)12-18(25)22-10-4-1-5-11-22/h2-3,6-7,14H,1,4-5,8-13H2,(H,20,24). The first-order valence-corrected chi connectivity index (χ1v) is 10.3. The summed E-state index contributed by atoms with van der Waals surface area (Å²) < 4.78 is 1.96. The molecule has 6 nitrogen and oxygen atoms in total. The van der Waals surface area contributed by atoms with Crippen LogP contribution in [0.15, 0.2) is 29.4 Å². The van der Waals surface area contributed by atoms with Crippen molar-refractivity contribution in [3.8, 4) is 0 Å². The van der Waals surface area contributed by atoms with Gasteiger partial charge in [-0.25, -0.2) is 4.98 Å². The van der Waals surface area contributed by atoms with Crippen LogP contribution in [-0.2, 0) is 16.1 Å². The minimum atomic E-state index is 0.0402.